The van der Waals surface area contributed by atoms with Gasteiger partial charge in [0.15, 0.2) is 0 Å². The Morgan fingerprint density at radius 3 is 2.25 bits per heavy atom. The molecule has 2 aliphatic heterocycles. The normalized spacial score (nSPS) is 20.2. The second-order valence-electron chi connectivity index (χ2n) is 8.29. The monoisotopic (exact) mass is 380 g/mol. The molecule has 0 radical (unpaired) electrons. The van der Waals surface area contributed by atoms with E-state index in [2.05, 4.69) is 48.7 Å². The van der Waals surface area contributed by atoms with Gasteiger partial charge in [0.2, 0.25) is 5.95 Å². The van der Waals surface area contributed by atoms with Gasteiger partial charge in [-0.2, -0.15) is 0 Å². The highest BCUT2D eigenvalue weighted by Gasteiger charge is 2.19. The van der Waals surface area contributed by atoms with E-state index in [1.54, 1.807) is 0 Å². The minimum atomic E-state index is 0.829. The van der Waals surface area contributed by atoms with Gasteiger partial charge in [-0.1, -0.05) is 13.0 Å². The summed E-state index contributed by atoms with van der Waals surface area (Å²) in [6.07, 6.45) is 9.61. The lowest BCUT2D eigenvalue weighted by molar-refractivity contribution is 0.245. The topological polar surface area (TPSA) is 48.4 Å². The number of pyridine rings is 1. The third kappa shape index (κ3) is 5.26. The summed E-state index contributed by atoms with van der Waals surface area (Å²) >= 11 is 0. The predicted molar refractivity (Wildman–Crippen MR) is 112 cm³/mol. The molecule has 4 rings (SSSR count). The third-order valence-electron chi connectivity index (χ3n) is 5.96. The van der Waals surface area contributed by atoms with Gasteiger partial charge in [0.1, 0.15) is 0 Å². The summed E-state index contributed by atoms with van der Waals surface area (Å²) in [6.45, 7) is 10.8. The van der Waals surface area contributed by atoms with Crippen LogP contribution < -0.4 is 4.90 Å². The number of aromatic nitrogens is 3. The molecule has 2 aromatic heterocycles. The Hall–Kier alpha value is -2.05. The van der Waals surface area contributed by atoms with Crippen molar-refractivity contribution in [3.05, 3.63) is 48.0 Å². The first-order valence-corrected chi connectivity index (χ1v) is 10.7. The summed E-state index contributed by atoms with van der Waals surface area (Å²) in [5.74, 6) is 1.73. The van der Waals surface area contributed by atoms with Gasteiger partial charge in [-0.3, -0.25) is 14.8 Å². The van der Waals surface area contributed by atoms with Gasteiger partial charge in [-0.15, -0.1) is 0 Å². The first-order chi connectivity index (χ1) is 13.8. The highest BCUT2D eigenvalue weighted by molar-refractivity contribution is 5.30. The van der Waals surface area contributed by atoms with Crippen molar-refractivity contribution >= 4 is 5.95 Å². The standard InChI is InChI=1S/C22H32N6/c1-19-6-11-28(12-7-19)22-24-15-20(16-25-22)17-26-9-4-10-27(14-13-26)18-21-5-2-3-8-23-21/h2-3,5,8,15-16,19H,4,6-7,9-14,17-18H2,1H3. The van der Waals surface area contributed by atoms with E-state index < -0.39 is 0 Å². The van der Waals surface area contributed by atoms with Gasteiger partial charge < -0.3 is 4.90 Å². The molecule has 6 nitrogen and oxygen atoms in total. The predicted octanol–water partition coefficient (Wildman–Crippen LogP) is 2.82. The maximum absolute atomic E-state index is 4.66. The van der Waals surface area contributed by atoms with E-state index in [4.69, 9.17) is 0 Å². The maximum Gasteiger partial charge on any atom is 0.225 e. The Balaban J connectivity index is 1.27. The van der Waals surface area contributed by atoms with Crippen LogP contribution in [0.5, 0.6) is 0 Å². The van der Waals surface area contributed by atoms with Crippen molar-refractivity contribution < 1.29 is 0 Å². The molecule has 2 saturated heterocycles. The van der Waals surface area contributed by atoms with Crippen LogP contribution in [0, 0.1) is 5.92 Å². The molecule has 0 N–H and O–H groups in total. The van der Waals surface area contributed by atoms with Crippen LogP contribution in [0.1, 0.15) is 37.4 Å². The number of hydrogen-bond acceptors (Lipinski definition) is 6. The molecule has 2 aromatic rings. The lowest BCUT2D eigenvalue weighted by atomic mass is 10.00. The van der Waals surface area contributed by atoms with Crippen LogP contribution in [0.15, 0.2) is 36.8 Å². The van der Waals surface area contributed by atoms with Gasteiger partial charge >= 0.3 is 0 Å². The second kappa shape index (κ2) is 9.43. The van der Waals surface area contributed by atoms with E-state index in [1.807, 2.05) is 24.7 Å². The minimum Gasteiger partial charge on any atom is -0.341 e. The van der Waals surface area contributed by atoms with Crippen LogP contribution in [0.4, 0.5) is 5.95 Å². The van der Waals surface area contributed by atoms with E-state index in [0.717, 1.165) is 69.9 Å². The zero-order valence-corrected chi connectivity index (χ0v) is 17.0. The van der Waals surface area contributed by atoms with E-state index in [-0.39, 0.29) is 0 Å². The summed E-state index contributed by atoms with van der Waals surface area (Å²) in [5.41, 5.74) is 2.37. The van der Waals surface area contributed by atoms with Crippen molar-refractivity contribution in [1.29, 1.82) is 0 Å². The Morgan fingerprint density at radius 1 is 0.857 bits per heavy atom. The molecular weight excluding hydrogens is 348 g/mol. The number of anilines is 1. The van der Waals surface area contributed by atoms with Gasteiger partial charge in [-0.05, 0) is 50.4 Å². The molecule has 4 heterocycles. The lowest BCUT2D eigenvalue weighted by Gasteiger charge is -2.30. The van der Waals surface area contributed by atoms with E-state index in [1.165, 1.54) is 24.8 Å². The molecule has 0 atom stereocenters. The minimum absolute atomic E-state index is 0.829. The van der Waals surface area contributed by atoms with Gasteiger partial charge in [-0.25, -0.2) is 9.97 Å². The van der Waals surface area contributed by atoms with Crippen molar-refractivity contribution in [3.8, 4) is 0 Å². The van der Waals surface area contributed by atoms with Crippen molar-refractivity contribution in [2.75, 3.05) is 44.2 Å². The molecule has 0 unspecified atom stereocenters. The zero-order chi connectivity index (χ0) is 19.2. The molecule has 0 aliphatic carbocycles. The van der Waals surface area contributed by atoms with E-state index in [0.29, 0.717) is 0 Å². The third-order valence-corrected chi connectivity index (χ3v) is 5.96. The van der Waals surface area contributed by atoms with Crippen LogP contribution in [0.25, 0.3) is 0 Å². The fourth-order valence-corrected chi connectivity index (χ4v) is 4.12. The van der Waals surface area contributed by atoms with E-state index in [9.17, 15) is 0 Å². The summed E-state index contributed by atoms with van der Waals surface area (Å²) < 4.78 is 0. The maximum atomic E-state index is 4.66. The average Bonchev–Trinajstić information content (AvgIpc) is 2.95. The fourth-order valence-electron chi connectivity index (χ4n) is 4.12. The summed E-state index contributed by atoms with van der Waals surface area (Å²) in [6, 6.07) is 6.16. The summed E-state index contributed by atoms with van der Waals surface area (Å²) in [4.78, 5) is 21.1. The average molecular weight is 381 g/mol. The summed E-state index contributed by atoms with van der Waals surface area (Å²) in [5, 5.41) is 0. The second-order valence-corrected chi connectivity index (χ2v) is 8.29. The highest BCUT2D eigenvalue weighted by atomic mass is 15.3. The highest BCUT2D eigenvalue weighted by Crippen LogP contribution is 2.20. The van der Waals surface area contributed by atoms with Gasteiger partial charge in [0.25, 0.3) is 0 Å². The van der Waals surface area contributed by atoms with Crippen molar-refractivity contribution in [1.82, 2.24) is 24.8 Å². The molecule has 2 fully saturated rings. The van der Waals surface area contributed by atoms with Crippen molar-refractivity contribution in [2.45, 2.75) is 39.3 Å². The summed E-state index contributed by atoms with van der Waals surface area (Å²) in [7, 11) is 0. The van der Waals surface area contributed by atoms with Crippen molar-refractivity contribution in [2.24, 2.45) is 5.92 Å². The fraction of sp³-hybridized carbons (Fsp3) is 0.591. The molecular formula is C22H32N6. The Labute approximate surface area is 168 Å². The molecule has 150 valence electrons. The molecule has 6 heteroatoms. The molecule has 0 aromatic carbocycles. The van der Waals surface area contributed by atoms with Crippen LogP contribution in [-0.4, -0.2) is 64.0 Å². The van der Waals surface area contributed by atoms with Crippen LogP contribution in [0.3, 0.4) is 0 Å². The molecule has 0 saturated carbocycles. The van der Waals surface area contributed by atoms with Crippen LogP contribution in [-0.2, 0) is 13.1 Å². The number of piperidine rings is 1. The molecule has 2 aliphatic rings. The number of hydrogen-bond donors (Lipinski definition) is 0. The smallest absolute Gasteiger partial charge is 0.225 e. The molecule has 28 heavy (non-hydrogen) atoms. The Bertz CT molecular complexity index is 712. The van der Waals surface area contributed by atoms with Gasteiger partial charge in [0, 0.05) is 63.4 Å². The number of rotatable bonds is 5. The zero-order valence-electron chi connectivity index (χ0n) is 17.0. The molecule has 0 spiro atoms. The quantitative estimate of drug-likeness (QED) is 0.795. The van der Waals surface area contributed by atoms with Crippen LogP contribution >= 0.6 is 0 Å². The SMILES string of the molecule is CC1CCN(c2ncc(CN3CCCN(Cc4ccccn4)CC3)cn2)CC1. The van der Waals surface area contributed by atoms with Crippen LogP contribution in [0.2, 0.25) is 0 Å². The first-order valence-electron chi connectivity index (χ1n) is 10.7. The lowest BCUT2D eigenvalue weighted by Crippen LogP contribution is -2.34. The van der Waals surface area contributed by atoms with E-state index >= 15 is 0 Å². The van der Waals surface area contributed by atoms with Gasteiger partial charge in [0.05, 0.1) is 5.69 Å². The largest absolute Gasteiger partial charge is 0.341 e. The Kier molecular flexibility index (Phi) is 6.49. The molecule has 0 bridgehead atoms. The first kappa shape index (κ1) is 19.3. The van der Waals surface area contributed by atoms with Crippen molar-refractivity contribution in [3.63, 3.8) is 0 Å². The molecule has 0 amide bonds. The number of nitrogens with zero attached hydrogens (tertiary/aromatic N) is 6. The Morgan fingerprint density at radius 2 is 1.57 bits per heavy atom.